The van der Waals surface area contributed by atoms with Crippen LogP contribution in [0.5, 0.6) is 0 Å². The van der Waals surface area contributed by atoms with Crippen LogP contribution in [-0.2, 0) is 11.2 Å². The fourth-order valence-electron chi connectivity index (χ4n) is 5.11. The van der Waals surface area contributed by atoms with Crippen LogP contribution < -0.4 is 5.32 Å². The molecule has 0 aromatic carbocycles. The van der Waals surface area contributed by atoms with Gasteiger partial charge in [0.15, 0.2) is 0 Å². The van der Waals surface area contributed by atoms with Crippen LogP contribution in [0.15, 0.2) is 24.4 Å². The quantitative estimate of drug-likeness (QED) is 0.628. The number of carbonyl (C=O) groups excluding carboxylic acids is 3. The second-order valence-electron chi connectivity index (χ2n) is 8.89. The van der Waals surface area contributed by atoms with Crippen molar-refractivity contribution in [3.63, 3.8) is 0 Å². The minimum atomic E-state index is -0.887. The molecule has 2 aromatic heterocycles. The summed E-state index contributed by atoms with van der Waals surface area (Å²) < 4.78 is 0. The van der Waals surface area contributed by atoms with Gasteiger partial charge in [0, 0.05) is 37.9 Å². The molecule has 2 aromatic rings. The number of nitrogens with one attached hydrogen (secondary N) is 1. The van der Waals surface area contributed by atoms with E-state index in [1.165, 1.54) is 16.2 Å². The third kappa shape index (κ3) is 4.51. The zero-order valence-electron chi connectivity index (χ0n) is 19.5. The highest BCUT2D eigenvalue weighted by Gasteiger charge is 2.55. The van der Waals surface area contributed by atoms with E-state index in [9.17, 15) is 14.4 Å². The van der Waals surface area contributed by atoms with Crippen molar-refractivity contribution in [2.45, 2.75) is 58.4 Å². The smallest absolute Gasteiger partial charge is 0.325 e. The van der Waals surface area contributed by atoms with E-state index in [4.69, 9.17) is 0 Å². The topological polar surface area (TPSA) is 95.5 Å². The predicted molar refractivity (Wildman–Crippen MR) is 126 cm³/mol. The number of hydrogen-bond acceptors (Lipinski definition) is 6. The molecule has 1 N–H and O–H groups in total. The number of pyridine rings is 1. The molecule has 4 amide bonds. The molecule has 2 aliphatic rings. The third-order valence-corrected chi connectivity index (χ3v) is 7.80. The minimum absolute atomic E-state index is 0.00194. The van der Waals surface area contributed by atoms with Crippen LogP contribution in [0.25, 0.3) is 0 Å². The first-order valence-corrected chi connectivity index (χ1v) is 12.4. The highest BCUT2D eigenvalue weighted by molar-refractivity contribution is 7.13. The van der Waals surface area contributed by atoms with Crippen LogP contribution in [0.2, 0.25) is 0 Å². The second kappa shape index (κ2) is 9.59. The fourth-order valence-corrected chi connectivity index (χ4v) is 6.00. The number of rotatable bonds is 7. The number of likely N-dealkylation sites (tertiary alicyclic amines) is 1. The van der Waals surface area contributed by atoms with Gasteiger partial charge in [0.25, 0.3) is 11.8 Å². The molecule has 0 bridgehead atoms. The Morgan fingerprint density at radius 1 is 1.24 bits per heavy atom. The molecule has 0 saturated carbocycles. The Morgan fingerprint density at radius 2 is 2.00 bits per heavy atom. The Hall–Kier alpha value is -2.81. The van der Waals surface area contributed by atoms with Gasteiger partial charge in [-0.05, 0) is 51.2 Å². The molecule has 2 fully saturated rings. The van der Waals surface area contributed by atoms with E-state index in [0.717, 1.165) is 22.8 Å². The van der Waals surface area contributed by atoms with E-state index >= 15 is 0 Å². The van der Waals surface area contributed by atoms with Crippen LogP contribution >= 0.6 is 11.3 Å². The molecule has 176 valence electrons. The van der Waals surface area contributed by atoms with E-state index in [1.807, 2.05) is 43.9 Å². The Bertz CT molecular complexity index is 1030. The molecule has 9 heteroatoms. The van der Waals surface area contributed by atoms with E-state index in [2.05, 4.69) is 15.3 Å². The number of urea groups is 1. The van der Waals surface area contributed by atoms with Crippen molar-refractivity contribution in [1.82, 2.24) is 25.1 Å². The van der Waals surface area contributed by atoms with Gasteiger partial charge in [0.1, 0.15) is 10.4 Å². The summed E-state index contributed by atoms with van der Waals surface area (Å²) in [6.45, 7) is 7.26. The summed E-state index contributed by atoms with van der Waals surface area (Å²) in [5.41, 5.74) is 0.739. The molecule has 2 saturated heterocycles. The van der Waals surface area contributed by atoms with Crippen molar-refractivity contribution in [2.75, 3.05) is 19.6 Å². The predicted octanol–water partition coefficient (Wildman–Crippen LogP) is 3.34. The van der Waals surface area contributed by atoms with E-state index in [0.29, 0.717) is 50.2 Å². The maximum atomic E-state index is 13.6. The molecule has 1 atom stereocenters. The number of carbonyl (C=O) groups is 3. The van der Waals surface area contributed by atoms with Gasteiger partial charge in [-0.15, -0.1) is 11.3 Å². The highest BCUT2D eigenvalue weighted by atomic mass is 32.1. The molecular formula is C24H31N5O3S. The van der Waals surface area contributed by atoms with Crippen molar-refractivity contribution >= 4 is 29.2 Å². The maximum absolute atomic E-state index is 13.6. The van der Waals surface area contributed by atoms with Crippen LogP contribution in [0, 0.1) is 19.8 Å². The van der Waals surface area contributed by atoms with Crippen LogP contribution in [0.1, 0.15) is 58.7 Å². The average molecular weight is 470 g/mol. The zero-order valence-corrected chi connectivity index (χ0v) is 20.3. The summed E-state index contributed by atoms with van der Waals surface area (Å²) in [5, 5.41) is 3.95. The number of piperidine rings is 1. The van der Waals surface area contributed by atoms with Gasteiger partial charge in [0.2, 0.25) is 0 Å². The second-order valence-corrected chi connectivity index (χ2v) is 10.1. The van der Waals surface area contributed by atoms with E-state index in [-0.39, 0.29) is 23.8 Å². The number of aromatic nitrogens is 2. The van der Waals surface area contributed by atoms with Gasteiger partial charge >= 0.3 is 6.03 Å². The lowest BCUT2D eigenvalue weighted by Gasteiger charge is -2.40. The number of amides is 4. The lowest BCUT2D eigenvalue weighted by Crippen LogP contribution is -2.56. The summed E-state index contributed by atoms with van der Waals surface area (Å²) in [4.78, 5) is 52.0. The fraction of sp³-hybridized carbons (Fsp3) is 0.542. The van der Waals surface area contributed by atoms with Crippen molar-refractivity contribution in [1.29, 1.82) is 0 Å². The molecule has 4 rings (SSSR count). The molecule has 4 heterocycles. The standard InChI is InChI=1S/C24H31N5O3S/c1-4-11-24(22(31)29(23(32)27-24)15-10-19-7-5-6-12-25-19)18-8-13-28(14-9-18)21(30)20-16(2)26-17(3)33-20/h5-7,12,18H,4,8-11,13-15H2,1-3H3,(H,27,32)/t24-/m0/s1. The van der Waals surface area contributed by atoms with Crippen LogP contribution in [0.4, 0.5) is 4.79 Å². The van der Waals surface area contributed by atoms with E-state index in [1.54, 1.807) is 6.20 Å². The largest absolute Gasteiger partial charge is 0.338 e. The summed E-state index contributed by atoms with van der Waals surface area (Å²) in [6, 6.07) is 5.33. The lowest BCUT2D eigenvalue weighted by molar-refractivity contribution is -0.134. The molecule has 2 aliphatic heterocycles. The summed E-state index contributed by atoms with van der Waals surface area (Å²) >= 11 is 1.43. The monoisotopic (exact) mass is 469 g/mol. The Kier molecular flexibility index (Phi) is 6.78. The van der Waals surface area contributed by atoms with Gasteiger partial charge in [0.05, 0.1) is 10.7 Å². The first kappa shape index (κ1) is 23.4. The maximum Gasteiger partial charge on any atom is 0.325 e. The number of imide groups is 1. The molecular weight excluding hydrogens is 438 g/mol. The van der Waals surface area contributed by atoms with Gasteiger partial charge < -0.3 is 10.2 Å². The molecule has 0 unspecified atom stereocenters. The number of hydrogen-bond donors (Lipinski definition) is 1. The number of aryl methyl sites for hydroxylation is 2. The minimum Gasteiger partial charge on any atom is -0.338 e. The first-order chi connectivity index (χ1) is 15.9. The van der Waals surface area contributed by atoms with Crippen LogP contribution in [-0.4, -0.2) is 62.8 Å². The van der Waals surface area contributed by atoms with Gasteiger partial charge in [-0.1, -0.05) is 19.4 Å². The van der Waals surface area contributed by atoms with Crippen LogP contribution in [0.3, 0.4) is 0 Å². The highest BCUT2D eigenvalue weighted by Crippen LogP contribution is 2.37. The van der Waals surface area contributed by atoms with Crippen molar-refractivity contribution in [3.05, 3.63) is 45.7 Å². The van der Waals surface area contributed by atoms with Crippen molar-refractivity contribution in [2.24, 2.45) is 5.92 Å². The van der Waals surface area contributed by atoms with Crippen molar-refractivity contribution < 1.29 is 14.4 Å². The average Bonchev–Trinajstić information content (AvgIpc) is 3.28. The zero-order chi connectivity index (χ0) is 23.6. The van der Waals surface area contributed by atoms with Gasteiger partial charge in [-0.25, -0.2) is 9.78 Å². The van der Waals surface area contributed by atoms with E-state index < -0.39 is 5.54 Å². The van der Waals surface area contributed by atoms with Gasteiger partial charge in [-0.2, -0.15) is 0 Å². The molecule has 8 nitrogen and oxygen atoms in total. The Labute approximate surface area is 198 Å². The summed E-state index contributed by atoms with van der Waals surface area (Å²) in [6.07, 6.45) is 5.00. The number of nitrogens with zero attached hydrogens (tertiary/aromatic N) is 4. The molecule has 0 radical (unpaired) electrons. The third-order valence-electron chi connectivity index (χ3n) is 6.74. The van der Waals surface area contributed by atoms with Gasteiger partial charge in [-0.3, -0.25) is 19.5 Å². The molecule has 0 spiro atoms. The Balaban J connectivity index is 1.44. The summed E-state index contributed by atoms with van der Waals surface area (Å²) in [7, 11) is 0. The Morgan fingerprint density at radius 3 is 2.61 bits per heavy atom. The normalized spacial score (nSPS) is 21.5. The molecule has 33 heavy (non-hydrogen) atoms. The lowest BCUT2D eigenvalue weighted by atomic mass is 9.74. The SMILES string of the molecule is CCC[C@@]1(C2CCN(C(=O)c3sc(C)nc3C)CC2)NC(=O)N(CCc2ccccn2)C1=O. The molecule has 0 aliphatic carbocycles. The number of thiazole rings is 1. The first-order valence-electron chi connectivity index (χ1n) is 11.6. The summed E-state index contributed by atoms with van der Waals surface area (Å²) in [5.74, 6) is -0.119. The van der Waals surface area contributed by atoms with Crippen molar-refractivity contribution in [3.8, 4) is 0 Å².